The maximum absolute atomic E-state index is 12.4. The lowest BCUT2D eigenvalue weighted by Gasteiger charge is -2.08. The highest BCUT2D eigenvalue weighted by Gasteiger charge is 2.16. The molecule has 0 unspecified atom stereocenters. The lowest BCUT2D eigenvalue weighted by atomic mass is 10.2. The second-order valence-corrected chi connectivity index (χ2v) is 4.74. The Balaban J connectivity index is 2.01. The number of hydrogen-bond donors (Lipinski definition) is 2. The quantitative estimate of drug-likeness (QED) is 0.768. The van der Waals surface area contributed by atoms with E-state index in [1.807, 2.05) is 6.07 Å². The third-order valence-corrected chi connectivity index (χ3v) is 3.23. The Bertz CT molecular complexity index is 911. The first-order valence-corrected chi connectivity index (χ1v) is 6.62. The minimum atomic E-state index is -0.374. The molecule has 112 valence electrons. The molecule has 0 spiro atoms. The van der Waals surface area contributed by atoms with Gasteiger partial charge < -0.3 is 10.1 Å². The number of rotatable bonds is 3. The van der Waals surface area contributed by atoms with Crippen molar-refractivity contribution in [2.45, 2.75) is 6.92 Å². The summed E-state index contributed by atoms with van der Waals surface area (Å²) in [5.41, 5.74) is 1.41. The van der Waals surface area contributed by atoms with Gasteiger partial charge in [-0.15, -0.1) is 0 Å². The number of aromatic amines is 1. The van der Waals surface area contributed by atoms with Gasteiger partial charge in [0.05, 0.1) is 12.8 Å². The highest BCUT2D eigenvalue weighted by molar-refractivity contribution is 6.08. The Morgan fingerprint density at radius 1 is 1.36 bits per heavy atom. The van der Waals surface area contributed by atoms with Gasteiger partial charge in [0.15, 0.2) is 5.65 Å². The van der Waals surface area contributed by atoms with Crippen molar-refractivity contribution in [2.24, 2.45) is 0 Å². The molecule has 0 bridgehead atoms. The molecule has 1 amide bonds. The number of amides is 1. The summed E-state index contributed by atoms with van der Waals surface area (Å²) in [5, 5.41) is 5.48. The minimum absolute atomic E-state index is 0.265. The SMILES string of the molecule is COc1ccccc1NC(=O)c1c[nH]n2c(=O)cc(C)nc12. The fraction of sp³-hybridized carbons (Fsp3) is 0.133. The fourth-order valence-electron chi connectivity index (χ4n) is 2.20. The second-order valence-electron chi connectivity index (χ2n) is 4.74. The van der Waals surface area contributed by atoms with Gasteiger partial charge in [0.2, 0.25) is 0 Å². The molecule has 2 aromatic heterocycles. The number of para-hydroxylation sites is 2. The zero-order valence-corrected chi connectivity index (χ0v) is 12.1. The van der Waals surface area contributed by atoms with E-state index in [-0.39, 0.29) is 22.7 Å². The molecule has 7 heteroatoms. The zero-order valence-electron chi connectivity index (χ0n) is 12.1. The summed E-state index contributed by atoms with van der Waals surface area (Å²) < 4.78 is 6.42. The third kappa shape index (κ3) is 2.32. The molecule has 1 aromatic carbocycles. The molecule has 7 nitrogen and oxygen atoms in total. The van der Waals surface area contributed by atoms with Crippen molar-refractivity contribution in [1.29, 1.82) is 0 Å². The van der Waals surface area contributed by atoms with Gasteiger partial charge in [0, 0.05) is 18.0 Å². The normalized spacial score (nSPS) is 10.6. The van der Waals surface area contributed by atoms with Gasteiger partial charge in [0.1, 0.15) is 11.3 Å². The maximum Gasteiger partial charge on any atom is 0.272 e. The van der Waals surface area contributed by atoms with Gasteiger partial charge in [0.25, 0.3) is 11.5 Å². The minimum Gasteiger partial charge on any atom is -0.495 e. The number of carbonyl (C=O) groups is 1. The van der Waals surface area contributed by atoms with Crippen LogP contribution in [0.2, 0.25) is 0 Å². The molecular weight excluding hydrogens is 284 g/mol. The van der Waals surface area contributed by atoms with Crippen molar-refractivity contribution in [3.05, 3.63) is 58.1 Å². The molecule has 3 aromatic rings. The van der Waals surface area contributed by atoms with Gasteiger partial charge in [-0.1, -0.05) is 12.1 Å². The summed E-state index contributed by atoms with van der Waals surface area (Å²) >= 11 is 0. The van der Waals surface area contributed by atoms with E-state index in [0.29, 0.717) is 17.1 Å². The number of carbonyl (C=O) groups excluding carboxylic acids is 1. The van der Waals surface area contributed by atoms with E-state index in [2.05, 4.69) is 15.4 Å². The van der Waals surface area contributed by atoms with Crippen molar-refractivity contribution < 1.29 is 9.53 Å². The second kappa shape index (κ2) is 5.36. The largest absolute Gasteiger partial charge is 0.495 e. The van der Waals surface area contributed by atoms with Crippen LogP contribution >= 0.6 is 0 Å². The van der Waals surface area contributed by atoms with Crippen LogP contribution in [0.3, 0.4) is 0 Å². The summed E-state index contributed by atoms with van der Waals surface area (Å²) in [6, 6.07) is 8.48. The molecule has 0 fully saturated rings. The van der Waals surface area contributed by atoms with Crippen LogP contribution in [-0.2, 0) is 0 Å². The molecular formula is C15H14N4O3. The van der Waals surface area contributed by atoms with E-state index < -0.39 is 0 Å². The number of H-pyrrole nitrogens is 1. The third-order valence-electron chi connectivity index (χ3n) is 3.23. The van der Waals surface area contributed by atoms with Gasteiger partial charge >= 0.3 is 0 Å². The number of fused-ring (bicyclic) bond motifs is 1. The van der Waals surface area contributed by atoms with E-state index in [4.69, 9.17) is 4.74 Å². The summed E-state index contributed by atoms with van der Waals surface area (Å²) in [5.74, 6) is 0.178. The van der Waals surface area contributed by atoms with E-state index in [9.17, 15) is 9.59 Å². The first-order valence-electron chi connectivity index (χ1n) is 6.62. The monoisotopic (exact) mass is 298 g/mol. The maximum atomic E-state index is 12.4. The van der Waals surface area contributed by atoms with Crippen molar-refractivity contribution in [3.8, 4) is 5.75 Å². The van der Waals surface area contributed by atoms with Crippen LogP contribution in [-0.4, -0.2) is 27.6 Å². The van der Waals surface area contributed by atoms with Gasteiger partial charge in [-0.25, -0.2) is 9.50 Å². The molecule has 0 aliphatic rings. The van der Waals surface area contributed by atoms with Crippen LogP contribution in [0.4, 0.5) is 5.69 Å². The average Bonchev–Trinajstić information content (AvgIpc) is 2.92. The van der Waals surface area contributed by atoms with Crippen LogP contribution < -0.4 is 15.6 Å². The van der Waals surface area contributed by atoms with Crippen LogP contribution in [0, 0.1) is 6.92 Å². The standard InChI is InChI=1S/C15H14N4O3/c1-9-7-13(20)19-14(17-9)10(8-16-19)15(21)18-11-5-3-4-6-12(11)22-2/h3-8,16H,1-2H3,(H,18,21). The number of methoxy groups -OCH3 is 1. The molecule has 0 saturated carbocycles. The highest BCUT2D eigenvalue weighted by Crippen LogP contribution is 2.24. The van der Waals surface area contributed by atoms with E-state index in [1.54, 1.807) is 25.1 Å². The zero-order chi connectivity index (χ0) is 15.7. The van der Waals surface area contributed by atoms with Crippen LogP contribution in [0.1, 0.15) is 16.1 Å². The van der Waals surface area contributed by atoms with Crippen molar-refractivity contribution in [2.75, 3.05) is 12.4 Å². The van der Waals surface area contributed by atoms with Crippen LogP contribution in [0.5, 0.6) is 5.75 Å². The lowest BCUT2D eigenvalue weighted by Crippen LogP contribution is -2.17. The Labute approximate surface area is 125 Å². The van der Waals surface area contributed by atoms with Crippen LogP contribution in [0.15, 0.2) is 41.3 Å². The number of benzene rings is 1. The van der Waals surface area contributed by atoms with E-state index in [1.165, 1.54) is 23.9 Å². The Morgan fingerprint density at radius 3 is 2.91 bits per heavy atom. The number of aryl methyl sites for hydroxylation is 1. The molecule has 0 aliphatic carbocycles. The summed E-state index contributed by atoms with van der Waals surface area (Å²) in [6.45, 7) is 1.70. The number of aromatic nitrogens is 3. The molecule has 3 rings (SSSR count). The predicted octanol–water partition coefficient (Wildman–Crippen LogP) is 1.59. The number of nitrogens with one attached hydrogen (secondary N) is 2. The molecule has 22 heavy (non-hydrogen) atoms. The van der Waals surface area contributed by atoms with E-state index >= 15 is 0 Å². The fourth-order valence-corrected chi connectivity index (χ4v) is 2.20. The molecule has 0 aliphatic heterocycles. The van der Waals surface area contributed by atoms with Gasteiger partial charge in [-0.3, -0.25) is 14.7 Å². The number of ether oxygens (including phenoxy) is 1. The van der Waals surface area contributed by atoms with Crippen molar-refractivity contribution in [3.63, 3.8) is 0 Å². The number of nitrogens with zero attached hydrogens (tertiary/aromatic N) is 2. The Hall–Kier alpha value is -3.09. The Morgan fingerprint density at radius 2 is 2.14 bits per heavy atom. The van der Waals surface area contributed by atoms with Gasteiger partial charge in [-0.2, -0.15) is 0 Å². The predicted molar refractivity (Wildman–Crippen MR) is 81.5 cm³/mol. The topological polar surface area (TPSA) is 88.5 Å². The smallest absolute Gasteiger partial charge is 0.272 e. The molecule has 0 atom stereocenters. The molecule has 2 N–H and O–H groups in total. The van der Waals surface area contributed by atoms with Crippen LogP contribution in [0.25, 0.3) is 5.65 Å². The summed E-state index contributed by atoms with van der Waals surface area (Å²) in [4.78, 5) is 28.5. The van der Waals surface area contributed by atoms with Crippen molar-refractivity contribution in [1.82, 2.24) is 14.6 Å². The number of anilines is 1. The number of hydrogen-bond acceptors (Lipinski definition) is 4. The first kappa shape index (κ1) is 13.9. The van der Waals surface area contributed by atoms with Crippen molar-refractivity contribution >= 4 is 17.2 Å². The highest BCUT2D eigenvalue weighted by atomic mass is 16.5. The molecule has 0 radical (unpaired) electrons. The first-order chi connectivity index (χ1) is 10.6. The summed E-state index contributed by atoms with van der Waals surface area (Å²) in [6.07, 6.45) is 1.45. The molecule has 2 heterocycles. The Kier molecular flexibility index (Phi) is 3.38. The molecule has 0 saturated heterocycles. The summed E-state index contributed by atoms with van der Waals surface area (Å²) in [7, 11) is 1.53. The lowest BCUT2D eigenvalue weighted by molar-refractivity contribution is 0.102. The van der Waals surface area contributed by atoms with Gasteiger partial charge in [-0.05, 0) is 19.1 Å². The average molecular weight is 298 g/mol. The van der Waals surface area contributed by atoms with E-state index in [0.717, 1.165) is 0 Å².